The highest BCUT2D eigenvalue weighted by Gasteiger charge is 2.26. The molecule has 2 atom stereocenters. The Morgan fingerprint density at radius 3 is 0.828 bits per heavy atom. The maximum absolute atomic E-state index is 12.8. The van der Waals surface area contributed by atoms with Crippen molar-refractivity contribution in [1.29, 1.82) is 0 Å². The summed E-state index contributed by atoms with van der Waals surface area (Å²) in [6.45, 7) is 3.40. The molecule has 2 unspecified atom stereocenters. The normalized spacial score (nSPS) is 14.5. The lowest BCUT2D eigenvalue weighted by molar-refractivity contribution is -0.161. The summed E-state index contributed by atoms with van der Waals surface area (Å²) in [6.07, 6.45) is 121. The fourth-order valence-electron chi connectivity index (χ4n) is 8.31. The molecule has 0 radical (unpaired) electrons. The molecule has 0 aromatic heterocycles. The van der Waals surface area contributed by atoms with Crippen LogP contribution in [0.4, 0.5) is 0 Å². The molecule has 0 aliphatic heterocycles. The molecule has 93 heavy (non-hydrogen) atoms. The zero-order valence-corrected chi connectivity index (χ0v) is 58.5. The summed E-state index contributed by atoms with van der Waals surface area (Å²) in [5, 5.41) is 0. The van der Waals surface area contributed by atoms with E-state index in [-0.39, 0.29) is 32.6 Å². The van der Waals surface area contributed by atoms with Crippen molar-refractivity contribution < 1.29 is 37.6 Å². The Hall–Kier alpha value is -6.45. The highest BCUT2D eigenvalue weighted by Crippen LogP contribution is 2.43. The third-order valence-corrected chi connectivity index (χ3v) is 14.4. The average Bonchev–Trinajstić information content (AvgIpc) is 3.49. The van der Waals surface area contributed by atoms with Crippen molar-refractivity contribution in [2.24, 2.45) is 5.73 Å². The van der Waals surface area contributed by atoms with Crippen LogP contribution < -0.4 is 5.73 Å². The monoisotopic (exact) mass is 1290 g/mol. The first-order valence-electron chi connectivity index (χ1n) is 35.2. The van der Waals surface area contributed by atoms with Gasteiger partial charge in [0.2, 0.25) is 0 Å². The Bertz CT molecular complexity index is 2480. The number of allylic oxidation sites excluding steroid dienone is 42. The van der Waals surface area contributed by atoms with Gasteiger partial charge in [-0.15, -0.1) is 0 Å². The number of phosphoric ester groups is 1. The molecule has 0 aliphatic rings. The Labute approximate surface area is 567 Å². The van der Waals surface area contributed by atoms with Gasteiger partial charge in [-0.2, -0.15) is 0 Å². The van der Waals surface area contributed by atoms with Crippen LogP contribution in [-0.2, 0) is 32.7 Å². The molecule has 0 saturated heterocycles. The number of nitrogens with two attached hydrogens (primary N) is 1. The van der Waals surface area contributed by atoms with Crippen LogP contribution in [0, 0.1) is 0 Å². The van der Waals surface area contributed by atoms with E-state index < -0.39 is 32.5 Å². The zero-order chi connectivity index (χ0) is 67.2. The summed E-state index contributed by atoms with van der Waals surface area (Å²) in [5.74, 6) is -0.919. The van der Waals surface area contributed by atoms with E-state index in [1.54, 1.807) is 0 Å². The van der Waals surface area contributed by atoms with Crippen molar-refractivity contribution >= 4 is 19.8 Å². The van der Waals surface area contributed by atoms with Gasteiger partial charge >= 0.3 is 19.8 Å². The van der Waals surface area contributed by atoms with Gasteiger partial charge in [-0.3, -0.25) is 18.6 Å². The van der Waals surface area contributed by atoms with Crippen LogP contribution in [0.15, 0.2) is 255 Å². The third-order valence-electron chi connectivity index (χ3n) is 13.4. The van der Waals surface area contributed by atoms with Gasteiger partial charge in [0.05, 0.1) is 13.2 Å². The second-order valence-electron chi connectivity index (χ2n) is 21.9. The molecule has 0 saturated carbocycles. The van der Waals surface area contributed by atoms with Crippen LogP contribution in [0.2, 0.25) is 0 Å². The molecule has 0 amide bonds. The van der Waals surface area contributed by atoms with Gasteiger partial charge in [0.15, 0.2) is 6.10 Å². The standard InChI is InChI=1S/C83H124NO8P/c1-3-5-7-9-11-13-15-17-19-21-23-25-27-29-31-33-35-36-37-38-39-40-41-42-43-44-46-48-50-52-54-56-58-60-62-64-66-68-70-72-74-76-83(86)92-81(80-91-93(87,88)90-78-77-84)79-89-82(85)75-73-71-69-67-65-63-61-59-57-55-53-51-49-47-45-34-32-30-28-26-24-22-20-18-16-14-12-10-8-6-4-2/h5-8,11-14,17-20,23-26,29-32,35-36,38-39,41-42,44-47,50-53,56-59,62-65,81H,3-4,9-10,15-16,21-22,27-28,33-34,37,40,43,48-49,54-55,60-61,66-80,84H2,1-2H3,(H,87,88)/b7-5-,8-6-,13-11-,14-12-,19-17-,20-18-,25-23-,26-24-,31-29-,32-30-,36-35-,39-38-,42-41-,46-44-,47-45-,52-50-,53-51-,58-56-,59-57-,64-62-,65-63-. The predicted molar refractivity (Wildman–Crippen MR) is 403 cm³/mol. The van der Waals surface area contributed by atoms with E-state index in [1.165, 1.54) is 0 Å². The molecule has 9 nitrogen and oxygen atoms in total. The molecule has 0 rings (SSSR count). The van der Waals surface area contributed by atoms with Crippen LogP contribution >= 0.6 is 7.82 Å². The Balaban J connectivity index is 4.13. The van der Waals surface area contributed by atoms with Gasteiger partial charge in [0.25, 0.3) is 0 Å². The summed E-state index contributed by atoms with van der Waals surface area (Å²) in [6, 6.07) is 0. The van der Waals surface area contributed by atoms with Crippen LogP contribution in [0.25, 0.3) is 0 Å². The number of phosphoric acid groups is 1. The molecular formula is C83H124NO8P. The largest absolute Gasteiger partial charge is 0.472 e. The Kier molecular flexibility index (Phi) is 69.4. The van der Waals surface area contributed by atoms with Gasteiger partial charge < -0.3 is 20.1 Å². The van der Waals surface area contributed by atoms with Crippen molar-refractivity contribution in [2.75, 3.05) is 26.4 Å². The highest BCUT2D eigenvalue weighted by atomic mass is 31.2. The van der Waals surface area contributed by atoms with Gasteiger partial charge in [-0.05, 0) is 173 Å². The molecule has 0 aromatic carbocycles. The SMILES string of the molecule is CC/C=C\C/C=C\C/C=C\C/C=C\C/C=C\C/C=C\C/C=C\C/C=C\C/C=C\C/C=C\C/C=C\C/C=C\CCCCCCC(=O)OC(COC(=O)CCCCC/C=C\C/C=C\C/C=C\C/C=C\C/C=C\C/C=C\C/C=C\C/C=C\C/C=C\CC)COP(=O)(O)OCCN. The van der Waals surface area contributed by atoms with E-state index in [4.69, 9.17) is 24.3 Å². The van der Waals surface area contributed by atoms with Crippen LogP contribution in [0.1, 0.15) is 219 Å². The van der Waals surface area contributed by atoms with E-state index in [9.17, 15) is 19.0 Å². The summed E-state index contributed by atoms with van der Waals surface area (Å²) in [5.41, 5.74) is 5.39. The van der Waals surface area contributed by atoms with Gasteiger partial charge in [0.1, 0.15) is 6.61 Å². The smallest absolute Gasteiger partial charge is 0.462 e. The van der Waals surface area contributed by atoms with Crippen LogP contribution in [0.5, 0.6) is 0 Å². The average molecular weight is 1290 g/mol. The molecule has 0 aromatic rings. The second kappa shape index (κ2) is 74.6. The quantitative estimate of drug-likeness (QED) is 0.0264. The molecule has 0 spiro atoms. The Morgan fingerprint density at radius 1 is 0.323 bits per heavy atom. The fraction of sp³-hybridized carbons (Fsp3) is 0.470. The molecule has 0 fully saturated rings. The molecule has 0 bridgehead atoms. The topological polar surface area (TPSA) is 134 Å². The first-order valence-corrected chi connectivity index (χ1v) is 36.7. The van der Waals surface area contributed by atoms with Crippen molar-refractivity contribution in [3.63, 3.8) is 0 Å². The predicted octanol–water partition coefficient (Wildman–Crippen LogP) is 23.7. The second-order valence-corrected chi connectivity index (χ2v) is 23.4. The van der Waals surface area contributed by atoms with E-state index in [0.29, 0.717) is 12.8 Å². The van der Waals surface area contributed by atoms with E-state index in [0.717, 1.165) is 180 Å². The van der Waals surface area contributed by atoms with Crippen LogP contribution in [-0.4, -0.2) is 49.3 Å². The molecule has 0 heterocycles. The summed E-state index contributed by atoms with van der Waals surface area (Å²) in [4.78, 5) is 35.3. The number of ether oxygens (including phenoxy) is 2. The van der Waals surface area contributed by atoms with E-state index >= 15 is 0 Å². The molecule has 0 aliphatic carbocycles. The van der Waals surface area contributed by atoms with Gasteiger partial charge in [-0.25, -0.2) is 4.57 Å². The lowest BCUT2D eigenvalue weighted by atomic mass is 10.1. The maximum atomic E-state index is 12.8. The number of rotatable bonds is 62. The molecule has 514 valence electrons. The minimum Gasteiger partial charge on any atom is -0.462 e. The first kappa shape index (κ1) is 86.5. The van der Waals surface area contributed by atoms with Crippen molar-refractivity contribution in [3.05, 3.63) is 255 Å². The number of carbonyl (C=O) groups is 2. The molecule has 10 heteroatoms. The summed E-state index contributed by atoms with van der Waals surface area (Å²) in [7, 11) is -4.43. The number of hydrogen-bond donors (Lipinski definition) is 2. The van der Waals surface area contributed by atoms with Gasteiger partial charge in [-0.1, -0.05) is 288 Å². The van der Waals surface area contributed by atoms with E-state index in [1.807, 2.05) is 0 Å². The minimum absolute atomic E-state index is 0.0291. The lowest BCUT2D eigenvalue weighted by Gasteiger charge is -2.19. The van der Waals surface area contributed by atoms with Crippen LogP contribution in [0.3, 0.4) is 0 Å². The zero-order valence-electron chi connectivity index (χ0n) is 57.6. The summed E-state index contributed by atoms with van der Waals surface area (Å²) < 4.78 is 33.1. The van der Waals surface area contributed by atoms with Crippen molar-refractivity contribution in [1.82, 2.24) is 0 Å². The summed E-state index contributed by atoms with van der Waals surface area (Å²) >= 11 is 0. The van der Waals surface area contributed by atoms with Crippen molar-refractivity contribution in [2.45, 2.75) is 225 Å². The highest BCUT2D eigenvalue weighted by molar-refractivity contribution is 7.47. The third kappa shape index (κ3) is 74.5. The number of esters is 2. The lowest BCUT2D eigenvalue weighted by Crippen LogP contribution is -2.29. The van der Waals surface area contributed by atoms with E-state index in [2.05, 4.69) is 269 Å². The number of hydrogen-bond acceptors (Lipinski definition) is 8. The number of carbonyl (C=O) groups excluding carboxylic acids is 2. The first-order chi connectivity index (χ1) is 45.8. The fourth-order valence-corrected chi connectivity index (χ4v) is 9.08. The molecule has 3 N–H and O–H groups in total. The number of unbranched alkanes of at least 4 members (excludes halogenated alkanes) is 7. The van der Waals surface area contributed by atoms with Gasteiger partial charge in [0, 0.05) is 19.4 Å². The maximum Gasteiger partial charge on any atom is 0.472 e. The van der Waals surface area contributed by atoms with Crippen molar-refractivity contribution in [3.8, 4) is 0 Å². The Morgan fingerprint density at radius 2 is 0.559 bits per heavy atom. The minimum atomic E-state index is -4.43. The molecular weight excluding hydrogens is 1170 g/mol.